The van der Waals surface area contributed by atoms with E-state index in [4.69, 9.17) is 0 Å². The normalized spacial score (nSPS) is 16.4. The third kappa shape index (κ3) is 5.21. The fraction of sp³-hybridized carbons (Fsp3) is 0.467. The van der Waals surface area contributed by atoms with Crippen molar-refractivity contribution in [2.75, 3.05) is 46.4 Å². The third-order valence-corrected chi connectivity index (χ3v) is 5.86. The second-order valence-corrected chi connectivity index (χ2v) is 7.58. The fourth-order valence-electron chi connectivity index (χ4n) is 2.51. The second-order valence-electron chi connectivity index (χ2n) is 5.64. The van der Waals surface area contributed by atoms with Crippen molar-refractivity contribution in [2.45, 2.75) is 4.90 Å². The van der Waals surface area contributed by atoms with Gasteiger partial charge in [-0.25, -0.2) is 12.8 Å². The lowest BCUT2D eigenvalue weighted by Gasteiger charge is -2.31. The highest BCUT2D eigenvalue weighted by molar-refractivity contribution is 7.89. The lowest BCUT2D eigenvalue weighted by molar-refractivity contribution is -0.895. The van der Waals surface area contributed by atoms with E-state index in [0.29, 0.717) is 13.1 Å². The minimum absolute atomic E-state index is 0.0492. The smallest absolute Gasteiger partial charge is 0.325 e. The van der Waals surface area contributed by atoms with Gasteiger partial charge in [0.15, 0.2) is 6.54 Å². The number of piperazine rings is 1. The van der Waals surface area contributed by atoms with Gasteiger partial charge in [0.2, 0.25) is 10.0 Å². The highest BCUT2D eigenvalue weighted by Gasteiger charge is 2.31. The first-order chi connectivity index (χ1) is 11.8. The van der Waals surface area contributed by atoms with Gasteiger partial charge in [-0.15, -0.1) is 0 Å². The van der Waals surface area contributed by atoms with Gasteiger partial charge in [0.05, 0.1) is 38.2 Å². The molecule has 10 heteroatoms. The van der Waals surface area contributed by atoms with Crippen molar-refractivity contribution in [1.29, 1.82) is 0 Å². The van der Waals surface area contributed by atoms with E-state index in [1.54, 1.807) is 0 Å². The van der Waals surface area contributed by atoms with E-state index < -0.39 is 21.8 Å². The number of halogens is 1. The summed E-state index contributed by atoms with van der Waals surface area (Å²) in [6.45, 7) is 1.42. The number of nitrogens with zero attached hydrogens (tertiary/aromatic N) is 1. The van der Waals surface area contributed by atoms with Crippen LogP contribution in [0.3, 0.4) is 0 Å². The molecule has 0 bridgehead atoms. The predicted molar refractivity (Wildman–Crippen MR) is 85.7 cm³/mol. The van der Waals surface area contributed by atoms with Gasteiger partial charge < -0.3 is 15.0 Å². The number of nitrogens with one attached hydrogen (secondary N) is 2. The Balaban J connectivity index is 1.85. The van der Waals surface area contributed by atoms with Crippen LogP contribution >= 0.6 is 0 Å². The number of ether oxygens (including phenoxy) is 1. The SMILES string of the molecule is COC(=O)CNC(=O)C[NH+]1CCN(S(=O)(=O)c2ccc(F)cc2)CC1. The van der Waals surface area contributed by atoms with Gasteiger partial charge in [-0.1, -0.05) is 0 Å². The van der Waals surface area contributed by atoms with E-state index in [2.05, 4.69) is 10.1 Å². The number of benzene rings is 1. The molecule has 1 aromatic carbocycles. The number of methoxy groups -OCH3 is 1. The highest BCUT2D eigenvalue weighted by atomic mass is 32.2. The summed E-state index contributed by atoms with van der Waals surface area (Å²) in [6.07, 6.45) is 0. The molecular weight excluding hydrogens is 353 g/mol. The molecule has 0 spiro atoms. The quantitative estimate of drug-likeness (QED) is 0.562. The Morgan fingerprint density at radius 1 is 1.24 bits per heavy atom. The van der Waals surface area contributed by atoms with Gasteiger partial charge in [0.25, 0.3) is 5.91 Å². The highest BCUT2D eigenvalue weighted by Crippen LogP contribution is 2.15. The molecule has 1 amide bonds. The second kappa shape index (κ2) is 8.37. The maximum Gasteiger partial charge on any atom is 0.325 e. The average Bonchev–Trinajstić information content (AvgIpc) is 2.60. The Labute approximate surface area is 145 Å². The van der Waals surface area contributed by atoms with Crippen molar-refractivity contribution in [3.63, 3.8) is 0 Å². The van der Waals surface area contributed by atoms with Crippen molar-refractivity contribution in [1.82, 2.24) is 9.62 Å². The van der Waals surface area contributed by atoms with Gasteiger partial charge in [-0.2, -0.15) is 4.31 Å². The molecule has 8 nitrogen and oxygen atoms in total. The number of amides is 1. The Kier molecular flexibility index (Phi) is 6.45. The van der Waals surface area contributed by atoms with Crippen LogP contribution in [0.25, 0.3) is 0 Å². The van der Waals surface area contributed by atoms with E-state index in [1.165, 1.54) is 23.5 Å². The zero-order valence-electron chi connectivity index (χ0n) is 13.8. The van der Waals surface area contributed by atoms with Crippen molar-refractivity contribution >= 4 is 21.9 Å². The fourth-order valence-corrected chi connectivity index (χ4v) is 3.95. The maximum absolute atomic E-state index is 12.9. The average molecular weight is 374 g/mol. The molecule has 2 rings (SSSR count). The third-order valence-electron chi connectivity index (χ3n) is 3.95. The van der Waals surface area contributed by atoms with E-state index in [9.17, 15) is 22.4 Å². The zero-order chi connectivity index (χ0) is 18.4. The van der Waals surface area contributed by atoms with Crippen LogP contribution in [0.15, 0.2) is 29.2 Å². The van der Waals surface area contributed by atoms with Gasteiger partial charge in [0, 0.05) is 0 Å². The molecule has 1 aliphatic heterocycles. The summed E-state index contributed by atoms with van der Waals surface area (Å²) in [5.41, 5.74) is 0. The van der Waals surface area contributed by atoms with Gasteiger partial charge in [-0.3, -0.25) is 9.59 Å². The molecule has 0 aromatic heterocycles. The molecule has 138 valence electrons. The van der Waals surface area contributed by atoms with Crippen LogP contribution in [-0.4, -0.2) is 71.0 Å². The molecule has 1 fully saturated rings. The first-order valence-electron chi connectivity index (χ1n) is 7.75. The minimum Gasteiger partial charge on any atom is -0.468 e. The summed E-state index contributed by atoms with van der Waals surface area (Å²) in [5, 5.41) is 2.45. The van der Waals surface area contributed by atoms with Crippen LogP contribution in [0.2, 0.25) is 0 Å². The van der Waals surface area contributed by atoms with Crippen molar-refractivity contribution in [2.24, 2.45) is 0 Å². The summed E-state index contributed by atoms with van der Waals surface area (Å²) in [5.74, 6) is -1.32. The number of esters is 1. The molecule has 1 heterocycles. The molecule has 1 aromatic rings. The van der Waals surface area contributed by atoms with Crippen LogP contribution in [0, 0.1) is 5.82 Å². The van der Waals surface area contributed by atoms with Crippen LogP contribution in [-0.2, 0) is 24.3 Å². The van der Waals surface area contributed by atoms with Gasteiger partial charge in [-0.05, 0) is 24.3 Å². The van der Waals surface area contributed by atoms with Crippen LogP contribution < -0.4 is 10.2 Å². The first kappa shape index (κ1) is 19.3. The molecule has 0 atom stereocenters. The maximum atomic E-state index is 12.9. The molecular formula is C15H21FN3O5S+. The Morgan fingerprint density at radius 2 is 1.84 bits per heavy atom. The van der Waals surface area contributed by atoms with Crippen LogP contribution in [0.5, 0.6) is 0 Å². The number of carbonyl (C=O) groups excluding carboxylic acids is 2. The number of hydrogen-bond acceptors (Lipinski definition) is 5. The molecule has 0 unspecified atom stereocenters. The summed E-state index contributed by atoms with van der Waals surface area (Å²) < 4.78 is 43.7. The lowest BCUT2D eigenvalue weighted by atomic mass is 10.3. The first-order valence-corrected chi connectivity index (χ1v) is 9.19. The van der Waals surface area contributed by atoms with Crippen LogP contribution in [0.4, 0.5) is 4.39 Å². The number of sulfonamides is 1. The van der Waals surface area contributed by atoms with E-state index in [0.717, 1.165) is 17.0 Å². The molecule has 1 aliphatic rings. The molecule has 25 heavy (non-hydrogen) atoms. The number of hydrogen-bond donors (Lipinski definition) is 2. The number of carbonyl (C=O) groups is 2. The molecule has 0 aliphatic carbocycles. The summed E-state index contributed by atoms with van der Waals surface area (Å²) in [6, 6.07) is 4.70. The van der Waals surface area contributed by atoms with E-state index in [-0.39, 0.29) is 37.0 Å². The van der Waals surface area contributed by atoms with Gasteiger partial charge in [0.1, 0.15) is 12.4 Å². The van der Waals surface area contributed by atoms with Gasteiger partial charge >= 0.3 is 5.97 Å². The molecule has 0 radical (unpaired) electrons. The molecule has 0 saturated carbocycles. The minimum atomic E-state index is -3.66. The Morgan fingerprint density at radius 3 is 2.40 bits per heavy atom. The van der Waals surface area contributed by atoms with E-state index in [1.807, 2.05) is 0 Å². The van der Waals surface area contributed by atoms with E-state index >= 15 is 0 Å². The zero-order valence-corrected chi connectivity index (χ0v) is 14.6. The summed E-state index contributed by atoms with van der Waals surface area (Å²) in [4.78, 5) is 23.7. The number of quaternary nitrogens is 1. The lowest BCUT2D eigenvalue weighted by Crippen LogP contribution is -3.15. The van der Waals surface area contributed by atoms with Crippen molar-refractivity contribution in [3.05, 3.63) is 30.1 Å². The summed E-state index contributed by atoms with van der Waals surface area (Å²) in [7, 11) is -2.43. The summed E-state index contributed by atoms with van der Waals surface area (Å²) >= 11 is 0. The Bertz CT molecular complexity index is 715. The largest absolute Gasteiger partial charge is 0.468 e. The Hall–Kier alpha value is -2.04. The standard InChI is InChI=1S/C15H20FN3O5S/c1-24-15(21)10-17-14(20)11-18-6-8-19(9-7-18)25(22,23)13-4-2-12(16)3-5-13/h2-5H,6-11H2,1H3,(H,17,20)/p+1. The predicted octanol–water partition coefficient (Wildman–Crippen LogP) is -2.00. The van der Waals surface area contributed by atoms with Crippen LogP contribution in [0.1, 0.15) is 0 Å². The molecule has 1 saturated heterocycles. The van der Waals surface area contributed by atoms with Crippen molar-refractivity contribution < 1.29 is 32.0 Å². The van der Waals surface area contributed by atoms with Crippen molar-refractivity contribution in [3.8, 4) is 0 Å². The number of rotatable bonds is 6. The topological polar surface area (TPSA) is 97.2 Å². The molecule has 2 N–H and O–H groups in total. The monoisotopic (exact) mass is 374 g/mol.